The lowest BCUT2D eigenvalue weighted by Gasteiger charge is -2.16. The van der Waals surface area contributed by atoms with Gasteiger partial charge in [0.15, 0.2) is 5.03 Å². The second kappa shape index (κ2) is 18.9. The number of aryl methyl sites for hydroxylation is 2. The average molecular weight is 926 g/mol. The molecule has 10 rings (SSSR count). The first-order chi connectivity index (χ1) is 32.0. The zero-order valence-corrected chi connectivity index (χ0v) is 39.2. The van der Waals surface area contributed by atoms with E-state index in [2.05, 4.69) is 94.0 Å². The molecule has 2 aliphatic carbocycles. The van der Waals surface area contributed by atoms with Gasteiger partial charge in [0.1, 0.15) is 10.9 Å². The number of H-pyrrole nitrogens is 2. The first kappa shape index (κ1) is 44.3. The lowest BCUT2D eigenvalue weighted by Crippen LogP contribution is -2.08. The van der Waals surface area contributed by atoms with Gasteiger partial charge in [-0.1, -0.05) is 24.3 Å². The van der Waals surface area contributed by atoms with E-state index >= 15 is 0 Å². The van der Waals surface area contributed by atoms with Crippen LogP contribution in [0, 0.1) is 0 Å². The Morgan fingerprint density at radius 3 is 2.03 bits per heavy atom. The standard InChI is InChI=1S/C24H26N6O3S.C23H25N7OS/c1-15(2)30-12-10-23(29-30)34(31,32)24-26-21(27-28-24)14-20-18-6-4-5-16(18)7-8-19(20)17-9-11-25-22(13-17)33-3;1-14(2)30-12-10-20(29-30)32-23-26-22(27-28-23)25-21-17-6-4-5-15(17)7-8-18(21)16-9-11-24-19(13-16)31-3/h7-13,15H,4-6,14H2,1-3H3,(H,26,27,28);7-14H,4-6H2,1-3H3,(H2,25,26,27,28). The first-order valence-corrected chi connectivity index (χ1v) is 24.2. The molecule has 2 aliphatic rings. The molecule has 0 saturated heterocycles. The highest BCUT2D eigenvalue weighted by atomic mass is 32.2. The highest BCUT2D eigenvalue weighted by Crippen LogP contribution is 2.40. The molecule has 0 aliphatic heterocycles. The lowest BCUT2D eigenvalue weighted by atomic mass is 9.91. The molecule has 17 nitrogen and oxygen atoms in total. The van der Waals surface area contributed by atoms with Gasteiger partial charge in [-0.2, -0.15) is 15.2 Å². The number of nitrogens with one attached hydrogen (secondary N) is 3. The third-order valence-corrected chi connectivity index (χ3v) is 13.9. The summed E-state index contributed by atoms with van der Waals surface area (Å²) in [6, 6.07) is 20.3. The number of ether oxygens (including phenoxy) is 2. The number of aromatic nitrogens is 12. The molecule has 8 aromatic rings. The van der Waals surface area contributed by atoms with Crippen molar-refractivity contribution in [2.45, 2.75) is 105 Å². The first-order valence-electron chi connectivity index (χ1n) is 21.9. The molecule has 0 radical (unpaired) electrons. The van der Waals surface area contributed by atoms with Crippen LogP contribution in [0.2, 0.25) is 0 Å². The van der Waals surface area contributed by atoms with Crippen LogP contribution in [0.3, 0.4) is 0 Å². The van der Waals surface area contributed by atoms with Crippen molar-refractivity contribution in [2.75, 3.05) is 19.5 Å². The number of nitrogens with zero attached hydrogens (tertiary/aromatic N) is 10. The summed E-state index contributed by atoms with van der Waals surface area (Å²) in [6.45, 7) is 8.07. The van der Waals surface area contributed by atoms with Crippen LogP contribution >= 0.6 is 11.8 Å². The molecule has 19 heteroatoms. The minimum Gasteiger partial charge on any atom is -0.481 e. The quantitative estimate of drug-likeness (QED) is 0.0933. The largest absolute Gasteiger partial charge is 0.481 e. The topological polar surface area (TPSA) is 209 Å². The van der Waals surface area contributed by atoms with Gasteiger partial charge in [0.05, 0.1) is 19.9 Å². The number of benzene rings is 2. The van der Waals surface area contributed by atoms with E-state index in [4.69, 9.17) is 9.47 Å². The summed E-state index contributed by atoms with van der Waals surface area (Å²) < 4.78 is 40.3. The molecule has 0 atom stereocenters. The van der Waals surface area contributed by atoms with Gasteiger partial charge < -0.3 is 14.8 Å². The summed E-state index contributed by atoms with van der Waals surface area (Å²) in [5, 5.41) is 27.7. The zero-order chi connectivity index (χ0) is 46.0. The molecule has 3 N–H and O–H groups in total. The van der Waals surface area contributed by atoms with Crippen molar-refractivity contribution in [3.05, 3.63) is 119 Å². The van der Waals surface area contributed by atoms with Crippen LogP contribution in [0.4, 0.5) is 11.6 Å². The smallest absolute Gasteiger partial charge is 0.273 e. The van der Waals surface area contributed by atoms with Gasteiger partial charge >= 0.3 is 0 Å². The molecule has 0 bridgehead atoms. The molecule has 66 heavy (non-hydrogen) atoms. The Morgan fingerprint density at radius 1 is 0.727 bits per heavy atom. The van der Waals surface area contributed by atoms with Crippen LogP contribution in [0.5, 0.6) is 11.8 Å². The average Bonchev–Trinajstić information content (AvgIpc) is 4.18. The second-order valence-corrected chi connectivity index (χ2v) is 19.4. The Morgan fingerprint density at radius 2 is 1.36 bits per heavy atom. The number of sulfone groups is 1. The van der Waals surface area contributed by atoms with Crippen molar-refractivity contribution in [2.24, 2.45) is 0 Å². The minimum atomic E-state index is -3.92. The van der Waals surface area contributed by atoms with Gasteiger partial charge in [-0.25, -0.2) is 28.5 Å². The maximum atomic E-state index is 13.0. The minimum absolute atomic E-state index is 0.0528. The van der Waals surface area contributed by atoms with E-state index in [9.17, 15) is 8.42 Å². The van der Waals surface area contributed by atoms with Crippen LogP contribution < -0.4 is 14.8 Å². The van der Waals surface area contributed by atoms with Crippen molar-refractivity contribution in [1.82, 2.24) is 59.9 Å². The molecule has 0 fully saturated rings. The molecule has 340 valence electrons. The Bertz CT molecular complexity index is 3120. The van der Waals surface area contributed by atoms with Gasteiger partial charge in [-0.05, 0) is 147 Å². The van der Waals surface area contributed by atoms with Crippen LogP contribution in [-0.2, 0) is 41.9 Å². The molecular formula is C47H51N13O4S2. The van der Waals surface area contributed by atoms with Crippen molar-refractivity contribution < 1.29 is 17.9 Å². The van der Waals surface area contributed by atoms with Crippen molar-refractivity contribution in [3.8, 4) is 34.0 Å². The van der Waals surface area contributed by atoms with Crippen LogP contribution in [0.25, 0.3) is 22.3 Å². The molecule has 0 unspecified atom stereocenters. The van der Waals surface area contributed by atoms with E-state index in [0.29, 0.717) is 41.2 Å². The van der Waals surface area contributed by atoms with Crippen LogP contribution in [0.15, 0.2) is 106 Å². The van der Waals surface area contributed by atoms with Crippen molar-refractivity contribution in [1.29, 1.82) is 0 Å². The summed E-state index contributed by atoms with van der Waals surface area (Å²) in [5.74, 6) is 2.23. The zero-order valence-electron chi connectivity index (χ0n) is 37.6. The fourth-order valence-corrected chi connectivity index (χ4v) is 10.1. The Kier molecular flexibility index (Phi) is 12.7. The van der Waals surface area contributed by atoms with E-state index in [0.717, 1.165) is 77.1 Å². The summed E-state index contributed by atoms with van der Waals surface area (Å²) in [4.78, 5) is 17.5. The Balaban J connectivity index is 0.000000166. The highest BCUT2D eigenvalue weighted by molar-refractivity contribution is 7.99. The van der Waals surface area contributed by atoms with Crippen molar-refractivity contribution >= 4 is 33.2 Å². The monoisotopic (exact) mass is 925 g/mol. The number of rotatable bonds is 14. The summed E-state index contributed by atoms with van der Waals surface area (Å²) in [5.41, 5.74) is 11.7. The van der Waals surface area contributed by atoms with Gasteiger partial charge in [-0.15, -0.1) is 10.2 Å². The van der Waals surface area contributed by atoms with Crippen LogP contribution in [0.1, 0.15) is 86.3 Å². The fraction of sp³-hybridized carbons (Fsp3) is 0.319. The van der Waals surface area contributed by atoms with Crippen molar-refractivity contribution in [3.63, 3.8) is 0 Å². The van der Waals surface area contributed by atoms with E-state index in [1.54, 1.807) is 37.5 Å². The van der Waals surface area contributed by atoms with Gasteiger partial charge in [0, 0.05) is 61.0 Å². The maximum absolute atomic E-state index is 13.0. The fourth-order valence-electron chi connectivity index (χ4n) is 8.35. The van der Waals surface area contributed by atoms with E-state index in [1.165, 1.54) is 40.1 Å². The third-order valence-electron chi connectivity index (χ3n) is 11.7. The lowest BCUT2D eigenvalue weighted by molar-refractivity contribution is 0.398. The molecular weight excluding hydrogens is 875 g/mol. The number of hydrogen-bond acceptors (Lipinski definition) is 14. The Labute approximate surface area is 387 Å². The normalized spacial score (nSPS) is 13.2. The SMILES string of the molecule is COc1cc(-c2ccc3c(c2Cc2nc(S(=O)(=O)c4ccn(C(C)C)n4)n[nH]2)CCC3)ccn1.COc1cc(-c2ccc3c(c2Nc2nc(Sc4ccn(C(C)C)n4)n[nH]2)CCC3)ccn1. The number of methoxy groups -OCH3 is 2. The molecule has 0 spiro atoms. The number of pyridine rings is 2. The van der Waals surface area contributed by atoms with E-state index in [1.807, 2.05) is 55.1 Å². The van der Waals surface area contributed by atoms with E-state index < -0.39 is 9.84 Å². The van der Waals surface area contributed by atoms with Gasteiger partial charge in [0.2, 0.25) is 22.9 Å². The predicted molar refractivity (Wildman–Crippen MR) is 250 cm³/mol. The summed E-state index contributed by atoms with van der Waals surface area (Å²) in [6.07, 6.45) is 14.0. The highest BCUT2D eigenvalue weighted by Gasteiger charge is 2.28. The number of fused-ring (bicyclic) bond motifs is 2. The third kappa shape index (κ3) is 9.30. The van der Waals surface area contributed by atoms with Crippen LogP contribution in [-0.4, -0.2) is 82.5 Å². The summed E-state index contributed by atoms with van der Waals surface area (Å²) in [7, 11) is -0.692. The summed E-state index contributed by atoms with van der Waals surface area (Å²) >= 11 is 1.44. The molecule has 0 amide bonds. The van der Waals surface area contributed by atoms with Gasteiger partial charge in [0.25, 0.3) is 15.0 Å². The Hall–Kier alpha value is -6.86. The molecule has 0 saturated carbocycles. The number of hydrogen-bond donors (Lipinski definition) is 3. The number of anilines is 2. The molecule has 6 aromatic heterocycles. The predicted octanol–water partition coefficient (Wildman–Crippen LogP) is 8.60. The molecule has 6 heterocycles. The number of aromatic amines is 2. The van der Waals surface area contributed by atoms with E-state index in [-0.39, 0.29) is 16.2 Å². The maximum Gasteiger partial charge on any atom is 0.273 e. The van der Waals surface area contributed by atoms with Gasteiger partial charge in [-0.3, -0.25) is 14.5 Å². The second-order valence-electron chi connectivity index (χ2n) is 16.6. The molecule has 2 aromatic carbocycles.